The number of para-hydroxylation sites is 1. The summed E-state index contributed by atoms with van der Waals surface area (Å²) >= 11 is 2.78. The SMILES string of the molecule is N#C/C(=C\c1ccc(Oc2ccc([N+](=O)[O-])cc2[N+](=O)[O-])cc1)Sc1nc2ccccc2s1. The molecule has 0 bridgehead atoms. The van der Waals surface area contributed by atoms with E-state index in [1.165, 1.54) is 29.2 Å². The normalized spacial score (nSPS) is 11.2. The fraction of sp³-hybridized carbons (Fsp3) is 0. The highest BCUT2D eigenvalue weighted by molar-refractivity contribution is 8.05. The van der Waals surface area contributed by atoms with E-state index in [2.05, 4.69) is 11.1 Å². The fourth-order valence-corrected chi connectivity index (χ4v) is 4.81. The van der Waals surface area contributed by atoms with E-state index in [1.807, 2.05) is 24.3 Å². The van der Waals surface area contributed by atoms with Crippen molar-refractivity contribution in [2.24, 2.45) is 0 Å². The lowest BCUT2D eigenvalue weighted by Gasteiger charge is -2.06. The van der Waals surface area contributed by atoms with Crippen molar-refractivity contribution in [3.63, 3.8) is 0 Å². The van der Waals surface area contributed by atoms with Crippen LogP contribution in [0.1, 0.15) is 5.56 Å². The Hall–Kier alpha value is -4.27. The minimum atomic E-state index is -0.738. The molecule has 0 aliphatic rings. The van der Waals surface area contributed by atoms with Crippen LogP contribution in [0.2, 0.25) is 0 Å². The Morgan fingerprint density at radius 1 is 1.06 bits per heavy atom. The van der Waals surface area contributed by atoms with Crippen LogP contribution < -0.4 is 4.74 Å². The zero-order valence-electron chi connectivity index (χ0n) is 16.6. The first-order valence-electron chi connectivity index (χ1n) is 9.29. The predicted octanol–water partition coefficient (Wildman–Crippen LogP) is 6.56. The quantitative estimate of drug-likeness (QED) is 0.127. The molecule has 0 atom stereocenters. The van der Waals surface area contributed by atoms with Crippen LogP contribution in [0.5, 0.6) is 11.5 Å². The van der Waals surface area contributed by atoms with Gasteiger partial charge in [-0.15, -0.1) is 11.3 Å². The molecule has 0 N–H and O–H groups in total. The number of benzene rings is 3. The number of hydrogen-bond donors (Lipinski definition) is 0. The monoisotopic (exact) mass is 476 g/mol. The third-order valence-electron chi connectivity index (χ3n) is 4.34. The average Bonchev–Trinajstić information content (AvgIpc) is 3.22. The summed E-state index contributed by atoms with van der Waals surface area (Å²) in [4.78, 5) is 25.6. The van der Waals surface area contributed by atoms with E-state index in [0.717, 1.165) is 32.3 Å². The van der Waals surface area contributed by atoms with Crippen molar-refractivity contribution in [2.45, 2.75) is 4.34 Å². The number of non-ortho nitro benzene ring substituents is 1. The Bertz CT molecular complexity index is 1410. The van der Waals surface area contributed by atoms with E-state index in [4.69, 9.17) is 4.74 Å². The van der Waals surface area contributed by atoms with Gasteiger partial charge in [0, 0.05) is 6.07 Å². The van der Waals surface area contributed by atoms with Crippen LogP contribution in [0.3, 0.4) is 0 Å². The molecule has 0 fully saturated rings. The molecule has 3 aromatic carbocycles. The molecule has 1 heterocycles. The first-order valence-corrected chi connectivity index (χ1v) is 10.9. The lowest BCUT2D eigenvalue weighted by Crippen LogP contribution is -1.96. The number of hydrogen-bond acceptors (Lipinski definition) is 9. The standard InChI is InChI=1S/C22H12N4O5S2/c23-13-17(32-22-24-18-3-1-2-4-21(18)33-22)11-14-5-8-16(9-6-14)31-20-10-7-15(25(27)28)12-19(20)26(29)30/h1-12H/b17-11+. The first-order chi connectivity index (χ1) is 15.9. The van der Waals surface area contributed by atoms with E-state index in [1.54, 1.807) is 30.3 Å². The van der Waals surface area contributed by atoms with Gasteiger partial charge in [-0.1, -0.05) is 24.3 Å². The summed E-state index contributed by atoms with van der Waals surface area (Å²) < 4.78 is 7.36. The molecular formula is C22H12N4O5S2. The molecule has 162 valence electrons. The number of nitriles is 1. The van der Waals surface area contributed by atoms with Crippen molar-refractivity contribution in [3.05, 3.63) is 97.4 Å². The zero-order chi connectivity index (χ0) is 23.4. The Morgan fingerprint density at radius 3 is 2.48 bits per heavy atom. The molecule has 0 saturated heterocycles. The molecule has 4 aromatic rings. The van der Waals surface area contributed by atoms with Gasteiger partial charge in [-0.25, -0.2) is 4.98 Å². The third-order valence-corrected chi connectivity index (χ3v) is 6.36. The maximum absolute atomic E-state index is 11.3. The molecule has 11 heteroatoms. The van der Waals surface area contributed by atoms with Gasteiger partial charge in [-0.2, -0.15) is 5.26 Å². The molecule has 0 aliphatic heterocycles. The van der Waals surface area contributed by atoms with Crippen molar-refractivity contribution < 1.29 is 14.6 Å². The van der Waals surface area contributed by atoms with Gasteiger partial charge in [0.15, 0.2) is 4.34 Å². The number of nitro groups is 2. The number of fused-ring (bicyclic) bond motifs is 1. The molecule has 0 spiro atoms. The summed E-state index contributed by atoms with van der Waals surface area (Å²) in [6.45, 7) is 0. The van der Waals surface area contributed by atoms with Crippen molar-refractivity contribution in [1.29, 1.82) is 5.26 Å². The van der Waals surface area contributed by atoms with E-state index in [0.29, 0.717) is 10.7 Å². The second-order valence-electron chi connectivity index (χ2n) is 6.51. The molecule has 0 radical (unpaired) electrons. The van der Waals surface area contributed by atoms with Crippen molar-refractivity contribution in [1.82, 2.24) is 4.98 Å². The highest BCUT2D eigenvalue weighted by Gasteiger charge is 2.21. The predicted molar refractivity (Wildman–Crippen MR) is 125 cm³/mol. The fourth-order valence-electron chi connectivity index (χ4n) is 2.83. The minimum absolute atomic E-state index is 0.113. The van der Waals surface area contributed by atoms with Crippen LogP contribution in [-0.2, 0) is 0 Å². The van der Waals surface area contributed by atoms with Crippen molar-refractivity contribution in [3.8, 4) is 17.6 Å². The van der Waals surface area contributed by atoms with Gasteiger partial charge >= 0.3 is 5.69 Å². The number of nitro benzene ring substituents is 2. The summed E-state index contributed by atoms with van der Waals surface area (Å²) in [5.41, 5.74) is 0.700. The van der Waals surface area contributed by atoms with E-state index in [-0.39, 0.29) is 5.75 Å². The lowest BCUT2D eigenvalue weighted by atomic mass is 10.2. The lowest BCUT2D eigenvalue weighted by molar-refractivity contribution is -0.394. The molecule has 0 unspecified atom stereocenters. The second-order valence-corrected chi connectivity index (χ2v) is 8.83. The zero-order valence-corrected chi connectivity index (χ0v) is 18.2. The second kappa shape index (κ2) is 9.47. The summed E-state index contributed by atoms with van der Waals surface area (Å²) in [6.07, 6.45) is 1.70. The number of rotatable bonds is 7. The van der Waals surface area contributed by atoms with Crippen LogP contribution in [0.15, 0.2) is 76.0 Å². The van der Waals surface area contributed by atoms with Gasteiger partial charge in [-0.3, -0.25) is 20.2 Å². The number of thiazole rings is 1. The Balaban J connectivity index is 1.52. The molecule has 0 amide bonds. The van der Waals surface area contributed by atoms with Gasteiger partial charge in [0.1, 0.15) is 11.8 Å². The maximum Gasteiger partial charge on any atom is 0.318 e. The number of thioether (sulfide) groups is 1. The van der Waals surface area contributed by atoms with Crippen LogP contribution in [-0.4, -0.2) is 14.8 Å². The van der Waals surface area contributed by atoms with E-state index < -0.39 is 21.2 Å². The van der Waals surface area contributed by atoms with Crippen LogP contribution in [0, 0.1) is 31.6 Å². The summed E-state index contributed by atoms with van der Waals surface area (Å²) in [6, 6.07) is 19.6. The number of nitrogens with zero attached hydrogens (tertiary/aromatic N) is 4. The minimum Gasteiger partial charge on any atom is -0.450 e. The highest BCUT2D eigenvalue weighted by atomic mass is 32.2. The molecule has 4 rings (SSSR count). The van der Waals surface area contributed by atoms with Gasteiger partial charge in [0.05, 0.1) is 31.0 Å². The molecule has 9 nitrogen and oxygen atoms in total. The van der Waals surface area contributed by atoms with Crippen LogP contribution in [0.4, 0.5) is 11.4 Å². The van der Waals surface area contributed by atoms with Gasteiger partial charge in [0.2, 0.25) is 5.75 Å². The average molecular weight is 476 g/mol. The van der Waals surface area contributed by atoms with Gasteiger partial charge in [-0.05, 0) is 53.7 Å². The summed E-state index contributed by atoms with van der Waals surface area (Å²) in [7, 11) is 0. The number of aromatic nitrogens is 1. The third kappa shape index (κ3) is 5.15. The van der Waals surface area contributed by atoms with Crippen LogP contribution >= 0.6 is 23.1 Å². The summed E-state index contributed by atoms with van der Waals surface area (Å²) in [5, 5.41) is 31.6. The molecule has 33 heavy (non-hydrogen) atoms. The summed E-state index contributed by atoms with van der Waals surface area (Å²) in [5.74, 6) is 0.194. The van der Waals surface area contributed by atoms with Gasteiger partial charge in [0.25, 0.3) is 5.69 Å². The van der Waals surface area contributed by atoms with Crippen molar-refractivity contribution in [2.75, 3.05) is 0 Å². The van der Waals surface area contributed by atoms with E-state index >= 15 is 0 Å². The van der Waals surface area contributed by atoms with E-state index in [9.17, 15) is 25.5 Å². The molecule has 1 aromatic heterocycles. The molecule has 0 aliphatic carbocycles. The van der Waals surface area contributed by atoms with Crippen molar-refractivity contribution >= 4 is 50.8 Å². The van der Waals surface area contributed by atoms with Crippen LogP contribution in [0.25, 0.3) is 16.3 Å². The Morgan fingerprint density at radius 2 is 1.82 bits per heavy atom. The topological polar surface area (TPSA) is 132 Å². The first kappa shape index (κ1) is 21.9. The largest absolute Gasteiger partial charge is 0.450 e. The highest BCUT2D eigenvalue weighted by Crippen LogP contribution is 2.36. The Kier molecular flexibility index (Phi) is 6.30. The molecule has 0 saturated carbocycles. The maximum atomic E-state index is 11.3. The molecular weight excluding hydrogens is 464 g/mol. The van der Waals surface area contributed by atoms with Gasteiger partial charge < -0.3 is 4.74 Å². The Labute approximate surface area is 194 Å². The smallest absolute Gasteiger partial charge is 0.318 e. The number of allylic oxidation sites excluding steroid dienone is 1. The number of ether oxygens (including phenoxy) is 1.